The predicted octanol–water partition coefficient (Wildman–Crippen LogP) is 3.62. The number of aryl methyl sites for hydroxylation is 1. The number of carbonyl (C=O) groups excluding carboxylic acids is 1. The molecule has 0 radical (unpaired) electrons. The van der Waals surface area contributed by atoms with Crippen LogP contribution in [-0.4, -0.2) is 23.0 Å². The van der Waals surface area contributed by atoms with E-state index in [1.54, 1.807) is 0 Å². The second kappa shape index (κ2) is 6.37. The Morgan fingerprint density at radius 3 is 2.74 bits per heavy atom. The maximum atomic E-state index is 11.9. The average molecular weight is 282 g/mol. The number of aromatic nitrogens is 1. The molecule has 1 N–H and O–H groups in total. The van der Waals surface area contributed by atoms with Gasteiger partial charge in [0.1, 0.15) is 10.6 Å². The fourth-order valence-corrected chi connectivity index (χ4v) is 3.36. The highest BCUT2D eigenvalue weighted by Crippen LogP contribution is 2.30. The topological polar surface area (TPSA) is 51.2 Å². The van der Waals surface area contributed by atoms with E-state index in [2.05, 4.69) is 16.6 Å². The molecule has 0 saturated heterocycles. The van der Waals surface area contributed by atoms with E-state index in [1.807, 2.05) is 13.8 Å². The third-order valence-corrected chi connectivity index (χ3v) is 4.56. The monoisotopic (exact) mass is 282 g/mol. The summed E-state index contributed by atoms with van der Waals surface area (Å²) in [6.45, 7) is 6.38. The minimum Gasteiger partial charge on any atom is -0.462 e. The largest absolute Gasteiger partial charge is 0.462 e. The van der Waals surface area contributed by atoms with Crippen molar-refractivity contribution in [3.8, 4) is 0 Å². The molecule has 0 unspecified atom stereocenters. The summed E-state index contributed by atoms with van der Waals surface area (Å²) in [5, 5.41) is 4.36. The van der Waals surface area contributed by atoms with Gasteiger partial charge in [0.15, 0.2) is 0 Å². The molecule has 0 atom stereocenters. The number of anilines is 1. The van der Waals surface area contributed by atoms with E-state index >= 15 is 0 Å². The summed E-state index contributed by atoms with van der Waals surface area (Å²) in [4.78, 5) is 11.9. The molecule has 1 aromatic rings. The zero-order chi connectivity index (χ0) is 13.8. The van der Waals surface area contributed by atoms with Gasteiger partial charge in [-0.3, -0.25) is 0 Å². The third kappa shape index (κ3) is 3.47. The lowest BCUT2D eigenvalue weighted by Crippen LogP contribution is -2.25. The SMILES string of the molecule is CCOC(=O)c1c(C)nsc1NC1CCC(C)CC1. The quantitative estimate of drug-likeness (QED) is 0.857. The van der Waals surface area contributed by atoms with Crippen LogP contribution in [0.15, 0.2) is 0 Å². The van der Waals surface area contributed by atoms with Crippen molar-refractivity contribution in [1.29, 1.82) is 0 Å². The van der Waals surface area contributed by atoms with Gasteiger partial charge in [0.2, 0.25) is 0 Å². The van der Waals surface area contributed by atoms with Gasteiger partial charge < -0.3 is 10.1 Å². The van der Waals surface area contributed by atoms with Gasteiger partial charge in [0.05, 0.1) is 12.3 Å². The van der Waals surface area contributed by atoms with Crippen LogP contribution < -0.4 is 5.32 Å². The van der Waals surface area contributed by atoms with Crippen molar-refractivity contribution in [3.63, 3.8) is 0 Å². The first-order chi connectivity index (χ1) is 9.11. The Balaban J connectivity index is 2.06. The summed E-state index contributed by atoms with van der Waals surface area (Å²) in [6.07, 6.45) is 4.84. The lowest BCUT2D eigenvalue weighted by atomic mass is 9.87. The Hall–Kier alpha value is -1.10. The molecule has 1 fully saturated rings. The fourth-order valence-electron chi connectivity index (χ4n) is 2.50. The molecule has 0 amide bonds. The summed E-state index contributed by atoms with van der Waals surface area (Å²) >= 11 is 1.36. The van der Waals surface area contributed by atoms with E-state index in [-0.39, 0.29) is 5.97 Å². The van der Waals surface area contributed by atoms with Crippen LogP contribution in [0.5, 0.6) is 0 Å². The summed E-state index contributed by atoms with van der Waals surface area (Å²) in [5.74, 6) is 0.561. The van der Waals surface area contributed by atoms with Gasteiger partial charge in [-0.1, -0.05) is 6.92 Å². The number of hydrogen-bond donors (Lipinski definition) is 1. The Morgan fingerprint density at radius 1 is 1.42 bits per heavy atom. The van der Waals surface area contributed by atoms with E-state index in [1.165, 1.54) is 37.2 Å². The molecule has 4 nitrogen and oxygen atoms in total. The maximum absolute atomic E-state index is 11.9. The van der Waals surface area contributed by atoms with Crippen LogP contribution in [0.1, 0.15) is 55.6 Å². The molecule has 5 heteroatoms. The summed E-state index contributed by atoms with van der Waals surface area (Å²) in [7, 11) is 0. The highest BCUT2D eigenvalue weighted by atomic mass is 32.1. The Morgan fingerprint density at radius 2 is 2.11 bits per heavy atom. The van der Waals surface area contributed by atoms with Crippen LogP contribution in [-0.2, 0) is 4.74 Å². The summed E-state index contributed by atoms with van der Waals surface area (Å²) < 4.78 is 9.38. The predicted molar refractivity (Wildman–Crippen MR) is 77.9 cm³/mol. The molecular weight excluding hydrogens is 260 g/mol. The Kier molecular flexibility index (Phi) is 4.80. The maximum Gasteiger partial charge on any atom is 0.343 e. The van der Waals surface area contributed by atoms with Crippen LogP contribution in [0.4, 0.5) is 5.00 Å². The molecule has 106 valence electrons. The molecule has 2 rings (SSSR count). The molecule has 0 aromatic carbocycles. The van der Waals surface area contributed by atoms with Crippen LogP contribution in [0.3, 0.4) is 0 Å². The smallest absolute Gasteiger partial charge is 0.343 e. The van der Waals surface area contributed by atoms with Crippen molar-refractivity contribution in [1.82, 2.24) is 4.37 Å². The highest BCUT2D eigenvalue weighted by Gasteiger charge is 2.24. The normalized spacial score (nSPS) is 23.1. The molecule has 0 spiro atoms. The molecule has 1 aliphatic rings. The number of rotatable bonds is 4. The third-order valence-electron chi connectivity index (χ3n) is 3.69. The molecule has 1 aliphatic carbocycles. The first-order valence-electron chi connectivity index (χ1n) is 7.01. The van der Waals surface area contributed by atoms with E-state index < -0.39 is 0 Å². The molecule has 1 heterocycles. The Bertz CT molecular complexity index is 437. The van der Waals surface area contributed by atoms with E-state index in [0.717, 1.165) is 16.6 Å². The lowest BCUT2D eigenvalue weighted by molar-refractivity contribution is 0.0527. The minimum atomic E-state index is -0.263. The van der Waals surface area contributed by atoms with Gasteiger partial charge in [-0.15, -0.1) is 0 Å². The van der Waals surface area contributed by atoms with Gasteiger partial charge in [-0.05, 0) is 57.0 Å². The number of hydrogen-bond acceptors (Lipinski definition) is 5. The molecule has 19 heavy (non-hydrogen) atoms. The van der Waals surface area contributed by atoms with Gasteiger partial charge >= 0.3 is 5.97 Å². The standard InChI is InChI=1S/C14H22N2O2S/c1-4-18-14(17)12-10(3)16-19-13(12)15-11-7-5-9(2)6-8-11/h9,11,15H,4-8H2,1-3H3. The first kappa shape index (κ1) is 14.3. The fraction of sp³-hybridized carbons (Fsp3) is 0.714. The van der Waals surface area contributed by atoms with Gasteiger partial charge in [-0.25, -0.2) is 4.79 Å². The summed E-state index contributed by atoms with van der Waals surface area (Å²) in [6, 6.07) is 0.462. The average Bonchev–Trinajstić information content (AvgIpc) is 2.74. The zero-order valence-electron chi connectivity index (χ0n) is 11.9. The number of ether oxygens (including phenoxy) is 1. The van der Waals surface area contributed by atoms with Crippen molar-refractivity contribution in [2.75, 3.05) is 11.9 Å². The highest BCUT2D eigenvalue weighted by molar-refractivity contribution is 7.10. The van der Waals surface area contributed by atoms with E-state index in [9.17, 15) is 4.79 Å². The number of carbonyl (C=O) groups is 1. The lowest BCUT2D eigenvalue weighted by Gasteiger charge is -2.27. The van der Waals surface area contributed by atoms with Crippen molar-refractivity contribution >= 4 is 22.5 Å². The number of nitrogens with zero attached hydrogens (tertiary/aromatic N) is 1. The van der Waals surface area contributed by atoms with Crippen LogP contribution >= 0.6 is 11.5 Å². The van der Waals surface area contributed by atoms with Crippen molar-refractivity contribution in [3.05, 3.63) is 11.3 Å². The molecule has 1 saturated carbocycles. The second-order valence-electron chi connectivity index (χ2n) is 5.29. The first-order valence-corrected chi connectivity index (χ1v) is 7.79. The minimum absolute atomic E-state index is 0.263. The van der Waals surface area contributed by atoms with E-state index in [0.29, 0.717) is 18.2 Å². The van der Waals surface area contributed by atoms with Crippen molar-refractivity contribution in [2.24, 2.45) is 5.92 Å². The molecule has 0 bridgehead atoms. The Labute approximate surface area is 118 Å². The van der Waals surface area contributed by atoms with Crippen LogP contribution in [0.25, 0.3) is 0 Å². The molecular formula is C14H22N2O2S. The van der Waals surface area contributed by atoms with Gasteiger partial charge in [0.25, 0.3) is 0 Å². The van der Waals surface area contributed by atoms with E-state index in [4.69, 9.17) is 4.74 Å². The van der Waals surface area contributed by atoms with Crippen molar-refractivity contribution < 1.29 is 9.53 Å². The zero-order valence-corrected chi connectivity index (χ0v) is 12.7. The van der Waals surface area contributed by atoms with Gasteiger partial charge in [-0.2, -0.15) is 4.37 Å². The number of nitrogens with one attached hydrogen (secondary N) is 1. The molecule has 1 aromatic heterocycles. The number of esters is 1. The van der Waals surface area contributed by atoms with Crippen LogP contribution in [0.2, 0.25) is 0 Å². The summed E-state index contributed by atoms with van der Waals surface area (Å²) in [5.41, 5.74) is 1.38. The molecule has 0 aliphatic heterocycles. The van der Waals surface area contributed by atoms with Crippen LogP contribution in [0, 0.1) is 12.8 Å². The van der Waals surface area contributed by atoms with Crippen molar-refractivity contribution in [2.45, 2.75) is 52.5 Å². The van der Waals surface area contributed by atoms with Gasteiger partial charge in [0, 0.05) is 6.04 Å². The second-order valence-corrected chi connectivity index (χ2v) is 6.07.